The Labute approximate surface area is 113 Å². The number of nitrogens with zero attached hydrogens (tertiary/aromatic N) is 1. The molecule has 1 aliphatic heterocycles. The molecule has 1 unspecified atom stereocenters. The van der Waals surface area contributed by atoms with Gasteiger partial charge in [0.15, 0.2) is 0 Å². The minimum atomic E-state index is 0.254. The molecular weight excluding hydrogens is 226 g/mol. The predicted octanol–water partition coefficient (Wildman–Crippen LogP) is 3.33. The van der Waals surface area contributed by atoms with Crippen LogP contribution in [0, 0.1) is 11.8 Å². The molecule has 3 nitrogen and oxygen atoms in total. The van der Waals surface area contributed by atoms with Crippen molar-refractivity contribution >= 4 is 5.91 Å². The highest BCUT2D eigenvalue weighted by Crippen LogP contribution is 2.26. The Morgan fingerprint density at radius 1 is 1.33 bits per heavy atom. The fourth-order valence-electron chi connectivity index (χ4n) is 2.40. The van der Waals surface area contributed by atoms with Crippen LogP contribution in [0.2, 0.25) is 0 Å². The number of methoxy groups -OCH3 is 1. The van der Waals surface area contributed by atoms with E-state index in [0.29, 0.717) is 13.0 Å². The molecule has 0 bridgehead atoms. The van der Waals surface area contributed by atoms with E-state index < -0.39 is 0 Å². The van der Waals surface area contributed by atoms with E-state index >= 15 is 0 Å². The first-order valence-electron chi connectivity index (χ1n) is 7.45. The van der Waals surface area contributed by atoms with Gasteiger partial charge in [-0.3, -0.25) is 4.79 Å². The quantitative estimate of drug-likeness (QED) is 0.756. The van der Waals surface area contributed by atoms with E-state index in [2.05, 4.69) is 13.8 Å². The first-order chi connectivity index (χ1) is 8.69. The second-order valence-electron chi connectivity index (χ2n) is 4.85. The number of likely N-dealkylation sites (tertiary alicyclic amines) is 1. The Kier molecular flexibility index (Phi) is 10.0. The number of carbonyl (C=O) groups excluding carboxylic acids is 1. The number of hydrogen-bond donors (Lipinski definition) is 0. The molecule has 0 aromatic rings. The molecule has 1 amide bonds. The number of rotatable bonds is 5. The molecule has 0 aliphatic carbocycles. The molecule has 1 aliphatic rings. The summed E-state index contributed by atoms with van der Waals surface area (Å²) in [4.78, 5) is 13.7. The summed E-state index contributed by atoms with van der Waals surface area (Å²) >= 11 is 0. The van der Waals surface area contributed by atoms with Gasteiger partial charge in [-0.25, -0.2) is 0 Å². The Bertz CT molecular complexity index is 211. The van der Waals surface area contributed by atoms with Gasteiger partial charge in [-0.2, -0.15) is 0 Å². The second kappa shape index (κ2) is 10.4. The van der Waals surface area contributed by atoms with Crippen LogP contribution in [0.4, 0.5) is 0 Å². The van der Waals surface area contributed by atoms with Crippen molar-refractivity contribution in [3.05, 3.63) is 0 Å². The van der Waals surface area contributed by atoms with Crippen LogP contribution < -0.4 is 0 Å². The number of amides is 1. The number of carbonyl (C=O) groups is 1. The van der Waals surface area contributed by atoms with E-state index in [9.17, 15) is 4.79 Å². The van der Waals surface area contributed by atoms with Gasteiger partial charge in [-0.05, 0) is 24.7 Å². The Morgan fingerprint density at radius 2 is 1.89 bits per heavy atom. The van der Waals surface area contributed by atoms with Crippen molar-refractivity contribution in [2.45, 2.75) is 53.4 Å². The van der Waals surface area contributed by atoms with Crippen molar-refractivity contribution in [2.24, 2.45) is 11.8 Å². The van der Waals surface area contributed by atoms with Crippen LogP contribution in [0.3, 0.4) is 0 Å². The van der Waals surface area contributed by atoms with Crippen molar-refractivity contribution < 1.29 is 9.53 Å². The number of hydrogen-bond acceptors (Lipinski definition) is 2. The summed E-state index contributed by atoms with van der Waals surface area (Å²) in [5, 5.41) is 0. The van der Waals surface area contributed by atoms with Gasteiger partial charge in [-0.1, -0.05) is 34.1 Å². The summed E-state index contributed by atoms with van der Waals surface area (Å²) in [6.45, 7) is 11.0. The highest BCUT2D eigenvalue weighted by Gasteiger charge is 2.25. The SMILES string of the molecule is CC.CCC(C)C1CCN(C(=O)CCOC)CC1. The van der Waals surface area contributed by atoms with Crippen molar-refractivity contribution in [3.8, 4) is 0 Å². The molecule has 1 atom stereocenters. The third kappa shape index (κ3) is 5.85. The summed E-state index contributed by atoms with van der Waals surface area (Å²) in [5.74, 6) is 1.87. The van der Waals surface area contributed by atoms with E-state index in [1.54, 1.807) is 7.11 Å². The van der Waals surface area contributed by atoms with E-state index in [-0.39, 0.29) is 5.91 Å². The molecule has 0 saturated carbocycles. The standard InChI is InChI=1S/C13H25NO2.C2H6/c1-4-11(2)12-5-8-14(9-6-12)13(15)7-10-16-3;1-2/h11-12H,4-10H2,1-3H3;1-2H3. The van der Waals surface area contributed by atoms with Gasteiger partial charge in [0.25, 0.3) is 0 Å². The normalized spacial score (nSPS) is 17.9. The molecule has 1 rings (SSSR count). The first-order valence-corrected chi connectivity index (χ1v) is 7.45. The number of ether oxygens (including phenoxy) is 1. The second-order valence-corrected chi connectivity index (χ2v) is 4.85. The molecular formula is C15H31NO2. The zero-order valence-corrected chi connectivity index (χ0v) is 12.9. The van der Waals surface area contributed by atoms with Crippen LogP contribution in [0.1, 0.15) is 53.4 Å². The van der Waals surface area contributed by atoms with Crippen LogP contribution in [-0.2, 0) is 9.53 Å². The summed E-state index contributed by atoms with van der Waals surface area (Å²) in [6, 6.07) is 0. The Morgan fingerprint density at radius 3 is 2.33 bits per heavy atom. The largest absolute Gasteiger partial charge is 0.384 e. The van der Waals surface area contributed by atoms with Crippen molar-refractivity contribution in [1.82, 2.24) is 4.90 Å². The molecule has 108 valence electrons. The molecule has 0 aromatic heterocycles. The Hall–Kier alpha value is -0.570. The summed E-state index contributed by atoms with van der Waals surface area (Å²) in [7, 11) is 1.64. The molecule has 0 N–H and O–H groups in total. The van der Waals surface area contributed by atoms with Crippen LogP contribution in [0.15, 0.2) is 0 Å². The highest BCUT2D eigenvalue weighted by molar-refractivity contribution is 5.76. The highest BCUT2D eigenvalue weighted by atomic mass is 16.5. The van der Waals surface area contributed by atoms with Crippen LogP contribution in [0.25, 0.3) is 0 Å². The molecule has 1 heterocycles. The predicted molar refractivity (Wildman–Crippen MR) is 76.6 cm³/mol. The fraction of sp³-hybridized carbons (Fsp3) is 0.933. The van der Waals surface area contributed by atoms with Crippen LogP contribution in [-0.4, -0.2) is 37.6 Å². The molecule has 0 radical (unpaired) electrons. The van der Waals surface area contributed by atoms with Crippen molar-refractivity contribution in [3.63, 3.8) is 0 Å². The lowest BCUT2D eigenvalue weighted by molar-refractivity contribution is -0.133. The zero-order chi connectivity index (χ0) is 14.0. The summed E-state index contributed by atoms with van der Waals surface area (Å²) in [5.41, 5.74) is 0. The van der Waals surface area contributed by atoms with E-state index in [1.165, 1.54) is 19.3 Å². The number of piperidine rings is 1. The maximum atomic E-state index is 11.7. The fourth-order valence-corrected chi connectivity index (χ4v) is 2.40. The van der Waals surface area contributed by atoms with E-state index in [0.717, 1.165) is 24.9 Å². The molecule has 0 aromatic carbocycles. The molecule has 1 saturated heterocycles. The maximum Gasteiger partial charge on any atom is 0.224 e. The monoisotopic (exact) mass is 257 g/mol. The van der Waals surface area contributed by atoms with Gasteiger partial charge < -0.3 is 9.64 Å². The smallest absolute Gasteiger partial charge is 0.224 e. The minimum Gasteiger partial charge on any atom is -0.384 e. The average molecular weight is 257 g/mol. The van der Waals surface area contributed by atoms with E-state index in [1.807, 2.05) is 18.7 Å². The average Bonchev–Trinajstić information content (AvgIpc) is 2.46. The topological polar surface area (TPSA) is 29.5 Å². The minimum absolute atomic E-state index is 0.254. The summed E-state index contributed by atoms with van der Waals surface area (Å²) in [6.07, 6.45) is 4.13. The van der Waals surface area contributed by atoms with Crippen LogP contribution >= 0.6 is 0 Å². The molecule has 3 heteroatoms. The molecule has 0 spiro atoms. The first kappa shape index (κ1) is 17.4. The van der Waals surface area contributed by atoms with Gasteiger partial charge in [0.1, 0.15) is 0 Å². The lowest BCUT2D eigenvalue weighted by Crippen LogP contribution is -2.40. The van der Waals surface area contributed by atoms with Crippen molar-refractivity contribution in [2.75, 3.05) is 26.8 Å². The van der Waals surface area contributed by atoms with Crippen LogP contribution in [0.5, 0.6) is 0 Å². The van der Waals surface area contributed by atoms with Gasteiger partial charge in [0.2, 0.25) is 5.91 Å². The maximum absolute atomic E-state index is 11.7. The van der Waals surface area contributed by atoms with Gasteiger partial charge >= 0.3 is 0 Å². The Balaban J connectivity index is 0.00000137. The lowest BCUT2D eigenvalue weighted by atomic mass is 9.84. The molecule has 18 heavy (non-hydrogen) atoms. The molecule has 1 fully saturated rings. The third-order valence-corrected chi connectivity index (χ3v) is 3.86. The van der Waals surface area contributed by atoms with Gasteiger partial charge in [0, 0.05) is 20.2 Å². The van der Waals surface area contributed by atoms with Gasteiger partial charge in [-0.15, -0.1) is 0 Å². The van der Waals surface area contributed by atoms with Gasteiger partial charge in [0.05, 0.1) is 13.0 Å². The third-order valence-electron chi connectivity index (χ3n) is 3.86. The zero-order valence-electron chi connectivity index (χ0n) is 12.9. The van der Waals surface area contributed by atoms with Crippen molar-refractivity contribution in [1.29, 1.82) is 0 Å². The lowest BCUT2D eigenvalue weighted by Gasteiger charge is -2.34. The van der Waals surface area contributed by atoms with E-state index in [4.69, 9.17) is 4.74 Å². The summed E-state index contributed by atoms with van der Waals surface area (Å²) < 4.78 is 4.93.